The van der Waals surface area contributed by atoms with E-state index in [0.29, 0.717) is 25.1 Å². The fourth-order valence-corrected chi connectivity index (χ4v) is 6.82. The molecule has 1 spiro atoms. The molecular formula is C23H25NO6. The fourth-order valence-electron chi connectivity index (χ4n) is 6.82. The highest BCUT2D eigenvalue weighted by Gasteiger charge is 2.67. The van der Waals surface area contributed by atoms with Gasteiger partial charge in [-0.25, -0.2) is 0 Å². The minimum absolute atomic E-state index is 0.0508. The zero-order chi connectivity index (χ0) is 21.6. The molecule has 7 heteroatoms. The third-order valence-electron chi connectivity index (χ3n) is 7.83. The first-order chi connectivity index (χ1) is 14.2. The SMILES string of the molecule is CC(=O)C(C(C)=O)(C(C)=O)N1CC[C@]23c4c5ccc(O)c4O[C@H]2[C@@H](O)C=C[C@H]3[C@H]1C5. The number of phenols is 1. The van der Waals surface area contributed by atoms with Crippen LogP contribution in [0.15, 0.2) is 24.3 Å². The Morgan fingerprint density at radius 2 is 1.80 bits per heavy atom. The van der Waals surface area contributed by atoms with Gasteiger partial charge in [0.1, 0.15) is 12.2 Å². The van der Waals surface area contributed by atoms with E-state index in [9.17, 15) is 24.6 Å². The molecule has 1 saturated heterocycles. The monoisotopic (exact) mass is 411 g/mol. The highest BCUT2D eigenvalue weighted by atomic mass is 16.5. The normalized spacial score (nSPS) is 33.6. The Bertz CT molecular complexity index is 993. The minimum atomic E-state index is -1.80. The molecule has 2 aliphatic heterocycles. The number of nitrogens with zero attached hydrogens (tertiary/aromatic N) is 1. The predicted molar refractivity (Wildman–Crippen MR) is 106 cm³/mol. The van der Waals surface area contributed by atoms with Crippen LogP contribution in [0.5, 0.6) is 11.5 Å². The molecule has 2 N–H and O–H groups in total. The average Bonchev–Trinajstić information content (AvgIpc) is 3.02. The number of benzene rings is 1. The van der Waals surface area contributed by atoms with Crippen LogP contribution in [0, 0.1) is 5.92 Å². The number of ketones is 3. The van der Waals surface area contributed by atoms with Crippen LogP contribution in [0.1, 0.15) is 38.3 Å². The molecule has 30 heavy (non-hydrogen) atoms. The number of hydrogen-bond acceptors (Lipinski definition) is 7. The van der Waals surface area contributed by atoms with Crippen LogP contribution in [0.25, 0.3) is 0 Å². The van der Waals surface area contributed by atoms with Crippen LogP contribution < -0.4 is 4.74 Å². The number of carbonyl (C=O) groups is 3. The highest BCUT2D eigenvalue weighted by molar-refractivity contribution is 6.27. The molecule has 2 aliphatic carbocycles. The van der Waals surface area contributed by atoms with E-state index in [1.807, 2.05) is 12.1 Å². The van der Waals surface area contributed by atoms with Crippen molar-refractivity contribution in [2.24, 2.45) is 5.92 Å². The van der Waals surface area contributed by atoms with Crippen LogP contribution in [-0.4, -0.2) is 62.8 Å². The predicted octanol–water partition coefficient (Wildman–Crippen LogP) is 1.07. The molecule has 5 atom stereocenters. The number of piperidine rings is 1. The molecule has 158 valence electrons. The molecule has 0 amide bonds. The third-order valence-corrected chi connectivity index (χ3v) is 7.83. The van der Waals surface area contributed by atoms with Gasteiger partial charge in [-0.15, -0.1) is 0 Å². The summed E-state index contributed by atoms with van der Waals surface area (Å²) in [7, 11) is 0. The zero-order valence-electron chi connectivity index (χ0n) is 17.2. The van der Waals surface area contributed by atoms with Gasteiger partial charge < -0.3 is 14.9 Å². The van der Waals surface area contributed by atoms with E-state index in [1.165, 1.54) is 20.8 Å². The third kappa shape index (κ3) is 2.00. The summed E-state index contributed by atoms with van der Waals surface area (Å²) in [6.07, 6.45) is 3.26. The van der Waals surface area contributed by atoms with Gasteiger partial charge in [0.2, 0.25) is 0 Å². The summed E-state index contributed by atoms with van der Waals surface area (Å²) in [5.41, 5.74) is -0.477. The number of Topliss-reactive ketones (excluding diaryl/α,β-unsaturated/α-hetero) is 3. The van der Waals surface area contributed by atoms with Crippen LogP contribution in [0.3, 0.4) is 0 Å². The Balaban J connectivity index is 1.74. The Kier molecular flexibility index (Phi) is 3.90. The van der Waals surface area contributed by atoms with Gasteiger partial charge in [0.25, 0.3) is 0 Å². The maximum Gasteiger partial charge on any atom is 0.197 e. The summed E-state index contributed by atoms with van der Waals surface area (Å²) < 4.78 is 6.11. The van der Waals surface area contributed by atoms with Gasteiger partial charge >= 0.3 is 0 Å². The molecule has 0 unspecified atom stereocenters. The van der Waals surface area contributed by atoms with Crippen molar-refractivity contribution in [3.05, 3.63) is 35.4 Å². The van der Waals surface area contributed by atoms with Gasteiger partial charge in [-0.2, -0.15) is 0 Å². The van der Waals surface area contributed by atoms with Crippen LogP contribution in [0.2, 0.25) is 0 Å². The lowest BCUT2D eigenvalue weighted by atomic mass is 9.52. The van der Waals surface area contributed by atoms with E-state index >= 15 is 0 Å². The van der Waals surface area contributed by atoms with Gasteiger partial charge in [-0.05, 0) is 45.2 Å². The maximum atomic E-state index is 12.8. The fraction of sp³-hybridized carbons (Fsp3) is 0.522. The summed E-state index contributed by atoms with van der Waals surface area (Å²) in [5.74, 6) is -1.07. The van der Waals surface area contributed by atoms with Crippen LogP contribution in [0.4, 0.5) is 0 Å². The number of rotatable bonds is 4. The molecule has 0 radical (unpaired) electrons. The zero-order valence-corrected chi connectivity index (χ0v) is 17.2. The van der Waals surface area contributed by atoms with Gasteiger partial charge in [-0.1, -0.05) is 18.2 Å². The maximum absolute atomic E-state index is 12.8. The number of likely N-dealkylation sites (tertiary alicyclic amines) is 1. The van der Waals surface area contributed by atoms with Gasteiger partial charge in [0, 0.05) is 29.5 Å². The van der Waals surface area contributed by atoms with Crippen molar-refractivity contribution in [1.82, 2.24) is 4.90 Å². The van der Waals surface area contributed by atoms with E-state index in [1.54, 1.807) is 17.0 Å². The van der Waals surface area contributed by atoms with Crippen molar-refractivity contribution in [1.29, 1.82) is 0 Å². The lowest BCUT2D eigenvalue weighted by molar-refractivity contribution is -0.158. The number of aromatic hydroxyl groups is 1. The number of aliphatic hydroxyl groups excluding tert-OH is 1. The molecule has 0 saturated carbocycles. The second-order valence-corrected chi connectivity index (χ2v) is 9.02. The summed E-state index contributed by atoms with van der Waals surface area (Å²) >= 11 is 0. The quantitative estimate of drug-likeness (QED) is 0.564. The summed E-state index contributed by atoms with van der Waals surface area (Å²) in [6, 6.07) is 3.14. The lowest BCUT2D eigenvalue weighted by Crippen LogP contribution is -2.74. The van der Waals surface area contributed by atoms with E-state index in [4.69, 9.17) is 4.74 Å². The van der Waals surface area contributed by atoms with Crippen LogP contribution in [-0.2, 0) is 26.2 Å². The van der Waals surface area contributed by atoms with Crippen molar-refractivity contribution in [2.45, 2.75) is 62.8 Å². The molecular weight excluding hydrogens is 386 g/mol. The van der Waals surface area contributed by atoms with E-state index in [-0.39, 0.29) is 17.7 Å². The molecule has 5 rings (SSSR count). The van der Waals surface area contributed by atoms with Gasteiger partial charge in [0.15, 0.2) is 34.4 Å². The van der Waals surface area contributed by atoms with Gasteiger partial charge in [0.05, 0.1) is 0 Å². The summed E-state index contributed by atoms with van der Waals surface area (Å²) in [6.45, 7) is 4.26. The van der Waals surface area contributed by atoms with Crippen molar-refractivity contribution < 1.29 is 29.3 Å². The highest BCUT2D eigenvalue weighted by Crippen LogP contribution is 2.63. The van der Waals surface area contributed by atoms with Gasteiger partial charge in [-0.3, -0.25) is 19.3 Å². The van der Waals surface area contributed by atoms with Crippen molar-refractivity contribution in [2.75, 3.05) is 6.54 Å². The van der Waals surface area contributed by atoms with E-state index < -0.39 is 40.5 Å². The summed E-state index contributed by atoms with van der Waals surface area (Å²) in [4.78, 5) is 40.2. The average molecular weight is 411 g/mol. The Morgan fingerprint density at radius 3 is 2.43 bits per heavy atom. The molecule has 0 aromatic heterocycles. The largest absolute Gasteiger partial charge is 0.504 e. The molecule has 1 fully saturated rings. The number of aliphatic hydroxyl groups is 1. The Morgan fingerprint density at radius 1 is 1.13 bits per heavy atom. The molecule has 1 aromatic carbocycles. The lowest BCUT2D eigenvalue weighted by Gasteiger charge is -2.59. The number of hydrogen-bond donors (Lipinski definition) is 2. The summed E-state index contributed by atoms with van der Waals surface area (Å²) in [5, 5.41) is 21.1. The van der Waals surface area contributed by atoms with E-state index in [0.717, 1.165) is 11.1 Å². The second kappa shape index (κ2) is 6.02. The molecule has 2 bridgehead atoms. The van der Waals surface area contributed by atoms with Crippen molar-refractivity contribution in [3.8, 4) is 11.5 Å². The molecule has 7 nitrogen and oxygen atoms in total. The van der Waals surface area contributed by atoms with Crippen LogP contribution >= 0.6 is 0 Å². The minimum Gasteiger partial charge on any atom is -0.504 e. The topological polar surface area (TPSA) is 104 Å². The number of ether oxygens (including phenoxy) is 1. The van der Waals surface area contributed by atoms with Crippen molar-refractivity contribution >= 4 is 17.3 Å². The first kappa shape index (κ1) is 19.5. The van der Waals surface area contributed by atoms with Crippen molar-refractivity contribution in [3.63, 3.8) is 0 Å². The Labute approximate surface area is 174 Å². The number of carbonyl (C=O) groups excluding carboxylic acids is 3. The molecule has 1 aromatic rings. The first-order valence-electron chi connectivity index (χ1n) is 10.4. The standard InChI is InChI=1S/C23H25NO6/c1-11(25)23(12(2)26,13(3)27)24-9-8-22-15-5-7-18(29)21(22)30-20-17(28)6-4-14(19(20)22)10-16(15)24/h4-7,15-16,18,21,28-29H,8-10H2,1-3H3/t15-,16+,18-,21-,22-/m0/s1. The Hall–Kier alpha value is -2.51. The molecule has 2 heterocycles. The smallest absolute Gasteiger partial charge is 0.197 e. The molecule has 4 aliphatic rings. The first-order valence-corrected chi connectivity index (χ1v) is 10.4. The van der Waals surface area contributed by atoms with E-state index in [2.05, 4.69) is 0 Å². The number of phenolic OH excluding ortho intramolecular Hbond substituents is 1. The second-order valence-electron chi connectivity index (χ2n) is 9.02.